The van der Waals surface area contributed by atoms with E-state index in [2.05, 4.69) is 4.98 Å². The van der Waals surface area contributed by atoms with Gasteiger partial charge in [0.1, 0.15) is 11.4 Å². The number of aromatic nitrogens is 1. The van der Waals surface area contributed by atoms with Crippen molar-refractivity contribution >= 4 is 46.5 Å². The lowest BCUT2D eigenvalue weighted by Gasteiger charge is -2.16. The first-order valence-corrected chi connectivity index (χ1v) is 8.84. The van der Waals surface area contributed by atoms with Crippen LogP contribution < -0.4 is 10.9 Å². The smallest absolute Gasteiger partial charge is 0.297 e. The molecule has 0 aliphatic rings. The molecule has 0 amide bonds. The molecule has 0 saturated heterocycles. The van der Waals surface area contributed by atoms with E-state index in [0.29, 0.717) is 10.0 Å². The summed E-state index contributed by atoms with van der Waals surface area (Å²) in [6.07, 6.45) is 1.48. The highest BCUT2D eigenvalue weighted by Crippen LogP contribution is 2.18. The summed E-state index contributed by atoms with van der Waals surface area (Å²) >= 11 is 12.6. The lowest BCUT2D eigenvalue weighted by molar-refractivity contribution is 0.106. The summed E-state index contributed by atoms with van der Waals surface area (Å²) in [4.78, 5) is 17.3. The Morgan fingerprint density at radius 2 is 1.50 bits per heavy atom. The molecule has 1 N–H and O–H groups in total. The molecule has 0 bridgehead atoms. The average molecular weight is 384 g/mol. The van der Waals surface area contributed by atoms with E-state index >= 15 is 0 Å². The van der Waals surface area contributed by atoms with Gasteiger partial charge in [0.25, 0.3) is 6.71 Å². The maximum atomic E-state index is 13.3. The van der Waals surface area contributed by atoms with Crippen molar-refractivity contribution in [3.8, 4) is 5.75 Å². The molecule has 2 aromatic carbocycles. The monoisotopic (exact) mass is 383 g/mol. The van der Waals surface area contributed by atoms with E-state index in [4.69, 9.17) is 23.2 Å². The van der Waals surface area contributed by atoms with Crippen LogP contribution in [0.1, 0.15) is 21.6 Å². The number of halogens is 2. The van der Waals surface area contributed by atoms with Gasteiger partial charge in [0, 0.05) is 16.2 Å². The molecule has 130 valence electrons. The fourth-order valence-corrected chi connectivity index (χ4v) is 3.17. The summed E-state index contributed by atoms with van der Waals surface area (Å²) in [5, 5.41) is 11.2. The van der Waals surface area contributed by atoms with Crippen molar-refractivity contribution in [2.75, 3.05) is 0 Å². The van der Waals surface area contributed by atoms with E-state index in [1.807, 2.05) is 38.1 Å². The molecule has 3 aromatic rings. The highest BCUT2D eigenvalue weighted by molar-refractivity contribution is 7.09. The summed E-state index contributed by atoms with van der Waals surface area (Å²) in [5.74, 6) is -0.154. The first-order chi connectivity index (χ1) is 12.4. The van der Waals surface area contributed by atoms with Crippen LogP contribution in [0.4, 0.5) is 0 Å². The summed E-state index contributed by atoms with van der Waals surface area (Å²) < 4.78 is 0. The van der Waals surface area contributed by atoms with Crippen molar-refractivity contribution in [3.05, 3.63) is 81.6 Å². The molecule has 0 unspecified atom stereocenters. The molecule has 0 atom stereocenters. The van der Waals surface area contributed by atoms with Gasteiger partial charge in [0.2, 0.25) is 0 Å². The average Bonchev–Trinajstić information content (AvgIpc) is 2.61. The normalized spacial score (nSPS) is 10.6. The first-order valence-electron chi connectivity index (χ1n) is 8.08. The fraction of sp³-hybridized carbons (Fsp3) is 0.100. The van der Waals surface area contributed by atoms with E-state index in [9.17, 15) is 9.90 Å². The number of carbonyl (C=O) groups excluding carboxylic acids is 1. The third-order valence-electron chi connectivity index (χ3n) is 4.34. The second-order valence-electron chi connectivity index (χ2n) is 6.19. The maximum absolute atomic E-state index is 13.3. The molecule has 0 aliphatic heterocycles. The highest BCUT2D eigenvalue weighted by Gasteiger charge is 2.32. The number of benzene rings is 2. The lowest BCUT2D eigenvalue weighted by Crippen LogP contribution is -2.49. The topological polar surface area (TPSA) is 50.2 Å². The van der Waals surface area contributed by atoms with Crippen LogP contribution in [-0.2, 0) is 0 Å². The third kappa shape index (κ3) is 3.62. The minimum Gasteiger partial charge on any atom is -0.506 e. The number of aryl methyl sites for hydroxylation is 2. The van der Waals surface area contributed by atoms with Gasteiger partial charge in [-0.15, -0.1) is 0 Å². The number of pyridine rings is 1. The second kappa shape index (κ2) is 7.52. The molecule has 0 fully saturated rings. The third-order valence-corrected chi connectivity index (χ3v) is 5.15. The van der Waals surface area contributed by atoms with Crippen molar-refractivity contribution in [2.45, 2.75) is 13.8 Å². The van der Waals surface area contributed by atoms with Crippen LogP contribution in [0.5, 0.6) is 5.75 Å². The molecule has 3 rings (SSSR count). The van der Waals surface area contributed by atoms with E-state index in [1.54, 1.807) is 18.2 Å². The van der Waals surface area contributed by atoms with Gasteiger partial charge < -0.3 is 9.90 Å². The van der Waals surface area contributed by atoms with Crippen molar-refractivity contribution < 1.29 is 9.90 Å². The van der Waals surface area contributed by atoms with Crippen molar-refractivity contribution in [1.82, 2.24) is 4.98 Å². The number of carbonyl (C=O) groups is 1. The van der Waals surface area contributed by atoms with Gasteiger partial charge in [-0.05, 0) is 49.2 Å². The molecule has 6 heteroatoms. The molecule has 1 aromatic heterocycles. The summed E-state index contributed by atoms with van der Waals surface area (Å²) in [5.41, 5.74) is 2.98. The van der Waals surface area contributed by atoms with Gasteiger partial charge in [-0.25, -0.2) is 0 Å². The first kappa shape index (κ1) is 18.5. The molecule has 26 heavy (non-hydrogen) atoms. The zero-order chi connectivity index (χ0) is 18.8. The Bertz CT molecular complexity index is 940. The standard InChI is InChI=1S/C20H16BCl2NO2/c1-12-5-7-14(10-16(12)22)21(15-8-6-13(2)17(23)11-15)20(26)19-18(25)4-3-9-24-19/h3-11,25H,1-2H3. The summed E-state index contributed by atoms with van der Waals surface area (Å²) in [6.45, 7) is 3.12. The van der Waals surface area contributed by atoms with Gasteiger partial charge in [-0.2, -0.15) is 0 Å². The van der Waals surface area contributed by atoms with Crippen LogP contribution >= 0.6 is 23.2 Å². The zero-order valence-corrected chi connectivity index (χ0v) is 15.8. The Labute approximate surface area is 162 Å². The second-order valence-corrected chi connectivity index (χ2v) is 7.00. The number of nitrogens with zero attached hydrogens (tertiary/aromatic N) is 1. The number of aromatic hydroxyl groups is 1. The summed E-state index contributed by atoms with van der Waals surface area (Å²) in [7, 11) is 0. The van der Waals surface area contributed by atoms with Crippen LogP contribution in [0.2, 0.25) is 10.0 Å². The minimum atomic E-state index is -0.674. The summed E-state index contributed by atoms with van der Waals surface area (Å²) in [6, 6.07) is 14.0. The molecule has 3 nitrogen and oxygen atoms in total. The lowest BCUT2D eigenvalue weighted by atomic mass is 9.37. The maximum Gasteiger partial charge on any atom is 0.297 e. The van der Waals surface area contributed by atoms with Gasteiger partial charge in [-0.3, -0.25) is 4.98 Å². The Hall–Kier alpha value is -2.30. The van der Waals surface area contributed by atoms with E-state index in [0.717, 1.165) is 22.1 Å². The molecule has 0 radical (unpaired) electrons. The van der Waals surface area contributed by atoms with Crippen LogP contribution in [0.15, 0.2) is 54.7 Å². The largest absolute Gasteiger partial charge is 0.506 e. The molecule has 1 heterocycles. The van der Waals surface area contributed by atoms with Gasteiger partial charge >= 0.3 is 0 Å². The Morgan fingerprint density at radius 3 is 1.96 bits per heavy atom. The zero-order valence-electron chi connectivity index (χ0n) is 14.3. The molecule has 0 saturated carbocycles. The van der Waals surface area contributed by atoms with Gasteiger partial charge in [0.15, 0.2) is 5.68 Å². The molecule has 0 aliphatic carbocycles. The van der Waals surface area contributed by atoms with Gasteiger partial charge in [-0.1, -0.05) is 58.4 Å². The van der Waals surface area contributed by atoms with Crippen LogP contribution in [0.3, 0.4) is 0 Å². The quantitative estimate of drug-likeness (QED) is 0.698. The SMILES string of the molecule is Cc1ccc(B(C(=O)c2ncccc2O)c2ccc(C)c(Cl)c2)cc1Cl. The van der Waals surface area contributed by atoms with Crippen LogP contribution in [0, 0.1) is 13.8 Å². The Morgan fingerprint density at radius 1 is 0.962 bits per heavy atom. The van der Waals surface area contributed by atoms with Crippen LogP contribution in [-0.4, -0.2) is 22.5 Å². The predicted molar refractivity (Wildman–Crippen MR) is 108 cm³/mol. The number of hydrogen-bond donors (Lipinski definition) is 1. The Balaban J connectivity index is 2.18. The number of rotatable bonds is 4. The predicted octanol–water partition coefficient (Wildman–Crippen LogP) is 3.74. The van der Waals surface area contributed by atoms with E-state index in [1.165, 1.54) is 12.3 Å². The highest BCUT2D eigenvalue weighted by atomic mass is 35.5. The molecule has 0 spiro atoms. The fourth-order valence-electron chi connectivity index (χ4n) is 2.80. The number of hydrogen-bond acceptors (Lipinski definition) is 3. The Kier molecular flexibility index (Phi) is 5.35. The van der Waals surface area contributed by atoms with E-state index in [-0.39, 0.29) is 17.1 Å². The van der Waals surface area contributed by atoms with Crippen molar-refractivity contribution in [1.29, 1.82) is 0 Å². The van der Waals surface area contributed by atoms with Crippen molar-refractivity contribution in [3.63, 3.8) is 0 Å². The van der Waals surface area contributed by atoms with Crippen molar-refractivity contribution in [2.24, 2.45) is 0 Å². The van der Waals surface area contributed by atoms with Gasteiger partial charge in [0.05, 0.1) is 0 Å². The van der Waals surface area contributed by atoms with E-state index < -0.39 is 6.71 Å². The molecular weight excluding hydrogens is 368 g/mol. The minimum absolute atomic E-state index is 0.0193. The molecular formula is C20H16BCl2NO2. The van der Waals surface area contributed by atoms with Crippen LogP contribution in [0.25, 0.3) is 0 Å².